The summed E-state index contributed by atoms with van der Waals surface area (Å²) in [5.41, 5.74) is 7.09. The first kappa shape index (κ1) is 12.6. The SMILES string of the molecule is NC(=NC/C=C/c1ccccc1)N1CCOCC1. The van der Waals surface area contributed by atoms with Crippen LogP contribution in [-0.2, 0) is 4.74 Å². The molecule has 96 valence electrons. The van der Waals surface area contributed by atoms with Gasteiger partial charge in [0.25, 0.3) is 0 Å². The molecular weight excluding hydrogens is 226 g/mol. The van der Waals surface area contributed by atoms with E-state index >= 15 is 0 Å². The fourth-order valence-corrected chi connectivity index (χ4v) is 1.79. The van der Waals surface area contributed by atoms with Gasteiger partial charge in [0.1, 0.15) is 0 Å². The number of hydrogen-bond donors (Lipinski definition) is 1. The van der Waals surface area contributed by atoms with Crippen LogP contribution in [0.25, 0.3) is 6.08 Å². The highest BCUT2D eigenvalue weighted by atomic mass is 16.5. The van der Waals surface area contributed by atoms with Crippen molar-refractivity contribution in [3.8, 4) is 0 Å². The Balaban J connectivity index is 1.81. The van der Waals surface area contributed by atoms with E-state index in [1.165, 1.54) is 5.56 Å². The summed E-state index contributed by atoms with van der Waals surface area (Å²) in [6.07, 6.45) is 4.07. The number of nitrogens with zero attached hydrogens (tertiary/aromatic N) is 2. The average Bonchev–Trinajstić information content (AvgIpc) is 2.45. The Morgan fingerprint density at radius 1 is 1.28 bits per heavy atom. The van der Waals surface area contributed by atoms with Crippen LogP contribution in [-0.4, -0.2) is 43.7 Å². The predicted molar refractivity (Wildman–Crippen MR) is 74.4 cm³/mol. The Labute approximate surface area is 108 Å². The molecule has 1 aromatic carbocycles. The number of nitrogens with two attached hydrogens (primary N) is 1. The minimum atomic E-state index is 0.607. The fraction of sp³-hybridized carbons (Fsp3) is 0.357. The normalized spacial score (nSPS) is 17.3. The maximum absolute atomic E-state index is 5.91. The highest BCUT2D eigenvalue weighted by Gasteiger charge is 2.11. The van der Waals surface area contributed by atoms with Gasteiger partial charge in [-0.25, -0.2) is 4.99 Å². The second-order valence-corrected chi connectivity index (χ2v) is 4.11. The van der Waals surface area contributed by atoms with E-state index in [-0.39, 0.29) is 0 Å². The zero-order chi connectivity index (χ0) is 12.6. The molecule has 1 heterocycles. The van der Waals surface area contributed by atoms with Crippen molar-refractivity contribution in [1.29, 1.82) is 0 Å². The van der Waals surface area contributed by atoms with Gasteiger partial charge in [-0.1, -0.05) is 42.5 Å². The van der Waals surface area contributed by atoms with Crippen molar-refractivity contribution in [1.82, 2.24) is 4.90 Å². The van der Waals surface area contributed by atoms with Crippen LogP contribution in [0.1, 0.15) is 5.56 Å². The molecule has 0 saturated carbocycles. The zero-order valence-corrected chi connectivity index (χ0v) is 10.5. The molecule has 1 aromatic rings. The van der Waals surface area contributed by atoms with E-state index in [9.17, 15) is 0 Å². The molecule has 0 unspecified atom stereocenters. The van der Waals surface area contributed by atoms with Crippen LogP contribution in [0.2, 0.25) is 0 Å². The summed E-state index contributed by atoms with van der Waals surface area (Å²) in [6.45, 7) is 3.74. The van der Waals surface area contributed by atoms with Crippen molar-refractivity contribution in [3.63, 3.8) is 0 Å². The van der Waals surface area contributed by atoms with Gasteiger partial charge >= 0.3 is 0 Å². The van der Waals surface area contributed by atoms with Gasteiger partial charge in [-0.05, 0) is 5.56 Å². The molecule has 0 spiro atoms. The number of rotatable bonds is 3. The molecule has 2 rings (SSSR count). The smallest absolute Gasteiger partial charge is 0.191 e. The minimum Gasteiger partial charge on any atom is -0.378 e. The third-order valence-electron chi connectivity index (χ3n) is 2.80. The van der Waals surface area contributed by atoms with E-state index in [0.29, 0.717) is 12.5 Å². The summed E-state index contributed by atoms with van der Waals surface area (Å²) in [4.78, 5) is 6.40. The molecule has 2 N–H and O–H groups in total. The summed E-state index contributed by atoms with van der Waals surface area (Å²) in [6, 6.07) is 10.2. The molecule has 0 amide bonds. The lowest BCUT2D eigenvalue weighted by Crippen LogP contribution is -2.44. The summed E-state index contributed by atoms with van der Waals surface area (Å²) in [5, 5.41) is 0. The van der Waals surface area contributed by atoms with Gasteiger partial charge in [0, 0.05) is 13.1 Å². The zero-order valence-electron chi connectivity index (χ0n) is 10.5. The maximum Gasteiger partial charge on any atom is 0.191 e. The van der Waals surface area contributed by atoms with Crippen LogP contribution in [0.15, 0.2) is 41.4 Å². The van der Waals surface area contributed by atoms with Crippen LogP contribution in [0.5, 0.6) is 0 Å². The first-order valence-electron chi connectivity index (χ1n) is 6.20. The Kier molecular flexibility index (Phi) is 4.78. The third-order valence-corrected chi connectivity index (χ3v) is 2.80. The summed E-state index contributed by atoms with van der Waals surface area (Å²) >= 11 is 0. The third kappa shape index (κ3) is 3.89. The Hall–Kier alpha value is -1.81. The largest absolute Gasteiger partial charge is 0.378 e. The topological polar surface area (TPSA) is 50.8 Å². The lowest BCUT2D eigenvalue weighted by atomic mass is 10.2. The van der Waals surface area contributed by atoms with Crippen molar-refractivity contribution in [2.24, 2.45) is 10.7 Å². The Morgan fingerprint density at radius 2 is 2.00 bits per heavy atom. The Bertz CT molecular complexity index is 408. The van der Waals surface area contributed by atoms with Gasteiger partial charge in [-0.15, -0.1) is 0 Å². The van der Waals surface area contributed by atoms with Gasteiger partial charge < -0.3 is 15.4 Å². The van der Waals surface area contributed by atoms with Crippen molar-refractivity contribution >= 4 is 12.0 Å². The molecule has 4 nitrogen and oxygen atoms in total. The van der Waals surface area contributed by atoms with Gasteiger partial charge in [-0.3, -0.25) is 0 Å². The second-order valence-electron chi connectivity index (χ2n) is 4.11. The number of benzene rings is 1. The lowest BCUT2D eigenvalue weighted by molar-refractivity contribution is 0.0674. The molecule has 0 aliphatic carbocycles. The van der Waals surface area contributed by atoms with E-state index in [4.69, 9.17) is 10.5 Å². The standard InChI is InChI=1S/C14H19N3O/c15-14(17-9-11-18-12-10-17)16-8-4-7-13-5-2-1-3-6-13/h1-7H,8-12H2,(H2,15,16)/b7-4+. The van der Waals surface area contributed by atoms with Gasteiger partial charge in [0.15, 0.2) is 5.96 Å². The quantitative estimate of drug-likeness (QED) is 0.646. The highest BCUT2D eigenvalue weighted by molar-refractivity contribution is 5.78. The lowest BCUT2D eigenvalue weighted by Gasteiger charge is -2.27. The molecule has 1 aliphatic rings. The summed E-state index contributed by atoms with van der Waals surface area (Å²) < 4.78 is 5.27. The number of guanidine groups is 1. The molecule has 1 aliphatic heterocycles. The highest BCUT2D eigenvalue weighted by Crippen LogP contribution is 2.01. The van der Waals surface area contributed by atoms with E-state index in [0.717, 1.165) is 26.3 Å². The Morgan fingerprint density at radius 3 is 2.72 bits per heavy atom. The average molecular weight is 245 g/mol. The molecule has 1 fully saturated rings. The summed E-state index contributed by atoms with van der Waals surface area (Å²) in [7, 11) is 0. The van der Waals surface area contributed by atoms with Crippen molar-refractivity contribution in [2.75, 3.05) is 32.8 Å². The van der Waals surface area contributed by atoms with Crippen molar-refractivity contribution < 1.29 is 4.74 Å². The molecule has 0 aromatic heterocycles. The number of hydrogen-bond acceptors (Lipinski definition) is 2. The molecule has 0 atom stereocenters. The fourth-order valence-electron chi connectivity index (χ4n) is 1.79. The monoisotopic (exact) mass is 245 g/mol. The van der Waals surface area contributed by atoms with Gasteiger partial charge in [0.2, 0.25) is 0 Å². The van der Waals surface area contributed by atoms with Crippen LogP contribution in [0.3, 0.4) is 0 Å². The minimum absolute atomic E-state index is 0.607. The first-order valence-corrected chi connectivity index (χ1v) is 6.20. The molecule has 0 bridgehead atoms. The number of ether oxygens (including phenoxy) is 1. The van der Waals surface area contributed by atoms with E-state index in [1.54, 1.807) is 0 Å². The second kappa shape index (κ2) is 6.81. The van der Waals surface area contributed by atoms with E-state index in [2.05, 4.69) is 28.1 Å². The molecule has 4 heteroatoms. The van der Waals surface area contributed by atoms with Crippen molar-refractivity contribution in [3.05, 3.63) is 42.0 Å². The predicted octanol–water partition coefficient (Wildman–Crippen LogP) is 1.35. The molecule has 1 saturated heterocycles. The molecule has 18 heavy (non-hydrogen) atoms. The van der Waals surface area contributed by atoms with Crippen LogP contribution in [0.4, 0.5) is 0 Å². The van der Waals surface area contributed by atoms with Crippen LogP contribution >= 0.6 is 0 Å². The molecule has 0 radical (unpaired) electrons. The number of morpholine rings is 1. The van der Waals surface area contributed by atoms with E-state index < -0.39 is 0 Å². The number of aliphatic imine (C=N–C) groups is 1. The van der Waals surface area contributed by atoms with Crippen LogP contribution < -0.4 is 5.73 Å². The van der Waals surface area contributed by atoms with Gasteiger partial charge in [0.05, 0.1) is 19.8 Å². The van der Waals surface area contributed by atoms with E-state index in [1.807, 2.05) is 24.3 Å². The maximum atomic E-state index is 5.91. The first-order chi connectivity index (χ1) is 8.86. The van der Waals surface area contributed by atoms with Crippen molar-refractivity contribution in [2.45, 2.75) is 0 Å². The van der Waals surface area contributed by atoms with Gasteiger partial charge in [-0.2, -0.15) is 0 Å². The summed E-state index contributed by atoms with van der Waals surface area (Å²) in [5.74, 6) is 0.607. The van der Waals surface area contributed by atoms with Crippen LogP contribution in [0, 0.1) is 0 Å². The molecular formula is C14H19N3O.